The van der Waals surface area contributed by atoms with Crippen LogP contribution in [-0.4, -0.2) is 47.6 Å². The molecule has 124 valence electrons. The van der Waals surface area contributed by atoms with Crippen LogP contribution in [0.25, 0.3) is 0 Å². The van der Waals surface area contributed by atoms with Crippen LogP contribution >= 0.6 is 0 Å². The number of fused-ring (bicyclic) bond motifs is 1. The van der Waals surface area contributed by atoms with Gasteiger partial charge in [0.2, 0.25) is 0 Å². The van der Waals surface area contributed by atoms with E-state index in [4.69, 9.17) is 4.74 Å². The summed E-state index contributed by atoms with van der Waals surface area (Å²) in [6, 6.07) is 0.681. The van der Waals surface area contributed by atoms with Gasteiger partial charge in [-0.25, -0.2) is 4.79 Å². The quantitative estimate of drug-likeness (QED) is 0.851. The van der Waals surface area contributed by atoms with Gasteiger partial charge in [0, 0.05) is 37.4 Å². The summed E-state index contributed by atoms with van der Waals surface area (Å²) in [5.41, 5.74) is -1.45. The van der Waals surface area contributed by atoms with Crippen LogP contribution in [0.3, 0.4) is 0 Å². The van der Waals surface area contributed by atoms with Gasteiger partial charge < -0.3 is 15.0 Å². The first kappa shape index (κ1) is 15.6. The number of aromatic nitrogens is 1. The predicted octanol–water partition coefficient (Wildman–Crippen LogP) is 1.67. The summed E-state index contributed by atoms with van der Waals surface area (Å²) < 4.78 is 43.9. The van der Waals surface area contributed by atoms with Gasteiger partial charge in [-0.1, -0.05) is 0 Å². The lowest BCUT2D eigenvalue weighted by Crippen LogP contribution is -2.57. The SMILES string of the molecule is O=C1N[C@H]2CCN(C(=O)c3cnccc3C(F)(F)F)C[C@@H]2CO1. The molecule has 6 nitrogen and oxygen atoms in total. The van der Waals surface area contributed by atoms with Crippen molar-refractivity contribution in [2.45, 2.75) is 18.6 Å². The number of hydrogen-bond donors (Lipinski definition) is 1. The van der Waals surface area contributed by atoms with Crippen molar-refractivity contribution in [3.8, 4) is 0 Å². The fourth-order valence-electron chi connectivity index (χ4n) is 2.93. The number of nitrogens with one attached hydrogen (secondary N) is 1. The number of carbonyl (C=O) groups is 2. The minimum absolute atomic E-state index is 0.115. The molecule has 0 aliphatic carbocycles. The van der Waals surface area contributed by atoms with Crippen LogP contribution in [0.4, 0.5) is 18.0 Å². The molecule has 0 bridgehead atoms. The molecule has 2 atom stereocenters. The van der Waals surface area contributed by atoms with E-state index in [1.54, 1.807) is 0 Å². The molecule has 1 aromatic heterocycles. The zero-order chi connectivity index (χ0) is 16.6. The molecule has 0 saturated carbocycles. The standard InChI is InChI=1S/C14H14F3N3O3/c15-14(16,17)10-1-3-18-5-9(10)12(21)20-4-2-11-8(6-20)7-23-13(22)19-11/h1,3,5,8,11H,2,4,6-7H2,(H,19,22)/t8-,11+/m1/s1. The number of alkyl carbamates (subject to hydrolysis) is 1. The highest BCUT2D eigenvalue weighted by Crippen LogP contribution is 2.32. The van der Waals surface area contributed by atoms with Crippen LogP contribution < -0.4 is 5.32 Å². The Balaban J connectivity index is 1.79. The third kappa shape index (κ3) is 3.08. The topological polar surface area (TPSA) is 71.5 Å². The van der Waals surface area contributed by atoms with Crippen molar-refractivity contribution in [1.29, 1.82) is 0 Å². The minimum atomic E-state index is -4.62. The lowest BCUT2D eigenvalue weighted by molar-refractivity contribution is -0.138. The van der Waals surface area contributed by atoms with Gasteiger partial charge in [-0.05, 0) is 12.5 Å². The second kappa shape index (κ2) is 5.71. The van der Waals surface area contributed by atoms with Crippen LogP contribution in [0.1, 0.15) is 22.3 Å². The van der Waals surface area contributed by atoms with E-state index in [9.17, 15) is 22.8 Å². The van der Waals surface area contributed by atoms with E-state index >= 15 is 0 Å². The third-order valence-electron chi connectivity index (χ3n) is 4.11. The number of rotatable bonds is 1. The second-order valence-corrected chi connectivity index (χ2v) is 5.57. The second-order valence-electron chi connectivity index (χ2n) is 5.57. The maximum atomic E-state index is 13.0. The molecule has 2 amide bonds. The number of halogens is 3. The van der Waals surface area contributed by atoms with Gasteiger partial charge in [-0.15, -0.1) is 0 Å². The number of pyridine rings is 1. The zero-order valence-corrected chi connectivity index (χ0v) is 12.0. The maximum absolute atomic E-state index is 13.0. The average Bonchev–Trinajstić information content (AvgIpc) is 2.53. The van der Waals surface area contributed by atoms with Crippen molar-refractivity contribution in [1.82, 2.24) is 15.2 Å². The molecule has 2 saturated heterocycles. The Labute approximate surface area is 129 Å². The Hall–Kier alpha value is -2.32. The van der Waals surface area contributed by atoms with E-state index in [2.05, 4.69) is 10.3 Å². The molecule has 3 rings (SSSR count). The fourth-order valence-corrected chi connectivity index (χ4v) is 2.93. The molecule has 0 unspecified atom stereocenters. The number of likely N-dealkylation sites (tertiary alicyclic amines) is 1. The molecular formula is C14H14F3N3O3. The Kier molecular flexibility index (Phi) is 3.87. The number of cyclic esters (lactones) is 1. The van der Waals surface area contributed by atoms with Crippen LogP contribution in [0.2, 0.25) is 0 Å². The van der Waals surface area contributed by atoms with E-state index < -0.39 is 29.3 Å². The van der Waals surface area contributed by atoms with Gasteiger partial charge in [0.05, 0.1) is 17.7 Å². The number of nitrogens with zero attached hydrogens (tertiary/aromatic N) is 2. The summed E-state index contributed by atoms with van der Waals surface area (Å²) in [6.07, 6.45) is -2.69. The molecule has 0 spiro atoms. The average molecular weight is 329 g/mol. The van der Waals surface area contributed by atoms with Crippen LogP contribution in [0, 0.1) is 5.92 Å². The molecule has 23 heavy (non-hydrogen) atoms. The largest absolute Gasteiger partial charge is 0.449 e. The zero-order valence-electron chi connectivity index (χ0n) is 12.0. The lowest BCUT2D eigenvalue weighted by atomic mass is 9.91. The minimum Gasteiger partial charge on any atom is -0.449 e. The summed E-state index contributed by atoms with van der Waals surface area (Å²) >= 11 is 0. The summed E-state index contributed by atoms with van der Waals surface area (Å²) in [7, 11) is 0. The summed E-state index contributed by atoms with van der Waals surface area (Å²) in [5.74, 6) is -0.836. The molecule has 2 fully saturated rings. The van der Waals surface area contributed by atoms with Crippen LogP contribution in [0.5, 0.6) is 0 Å². The summed E-state index contributed by atoms with van der Waals surface area (Å²) in [4.78, 5) is 28.6. The highest BCUT2D eigenvalue weighted by Gasteiger charge is 2.40. The number of hydrogen-bond acceptors (Lipinski definition) is 4. The van der Waals surface area contributed by atoms with E-state index in [0.29, 0.717) is 6.42 Å². The Bertz CT molecular complexity index is 635. The van der Waals surface area contributed by atoms with Crippen molar-refractivity contribution in [2.75, 3.05) is 19.7 Å². The van der Waals surface area contributed by atoms with Gasteiger partial charge in [0.1, 0.15) is 0 Å². The Morgan fingerprint density at radius 1 is 1.43 bits per heavy atom. The molecule has 2 aliphatic rings. The highest BCUT2D eigenvalue weighted by molar-refractivity contribution is 5.95. The molecule has 2 aliphatic heterocycles. The van der Waals surface area contributed by atoms with E-state index in [0.717, 1.165) is 18.5 Å². The number of ether oxygens (including phenoxy) is 1. The summed E-state index contributed by atoms with van der Waals surface area (Å²) in [5, 5.41) is 2.66. The normalized spacial score (nSPS) is 24.5. The van der Waals surface area contributed by atoms with Crippen molar-refractivity contribution < 1.29 is 27.5 Å². The first-order valence-corrected chi connectivity index (χ1v) is 7.10. The monoisotopic (exact) mass is 329 g/mol. The van der Waals surface area contributed by atoms with E-state index in [1.807, 2.05) is 0 Å². The van der Waals surface area contributed by atoms with Crippen molar-refractivity contribution in [2.24, 2.45) is 5.92 Å². The number of alkyl halides is 3. The molecular weight excluding hydrogens is 315 g/mol. The van der Waals surface area contributed by atoms with Crippen LogP contribution in [0.15, 0.2) is 18.5 Å². The van der Waals surface area contributed by atoms with Crippen molar-refractivity contribution in [3.05, 3.63) is 29.6 Å². The maximum Gasteiger partial charge on any atom is 0.417 e. The van der Waals surface area contributed by atoms with Gasteiger partial charge in [0.15, 0.2) is 0 Å². The number of carbonyl (C=O) groups excluding carboxylic acids is 2. The Morgan fingerprint density at radius 3 is 2.96 bits per heavy atom. The van der Waals surface area contributed by atoms with E-state index in [1.165, 1.54) is 4.90 Å². The predicted molar refractivity (Wildman–Crippen MR) is 71.5 cm³/mol. The van der Waals surface area contributed by atoms with Crippen molar-refractivity contribution >= 4 is 12.0 Å². The first-order chi connectivity index (χ1) is 10.9. The molecule has 1 N–H and O–H groups in total. The molecule has 3 heterocycles. The molecule has 1 aromatic rings. The Morgan fingerprint density at radius 2 is 2.22 bits per heavy atom. The summed E-state index contributed by atoms with van der Waals surface area (Å²) in [6.45, 7) is 0.655. The number of piperidine rings is 1. The highest BCUT2D eigenvalue weighted by atomic mass is 19.4. The van der Waals surface area contributed by atoms with Crippen molar-refractivity contribution in [3.63, 3.8) is 0 Å². The lowest BCUT2D eigenvalue weighted by Gasteiger charge is -2.41. The van der Waals surface area contributed by atoms with Gasteiger partial charge in [0.25, 0.3) is 5.91 Å². The van der Waals surface area contributed by atoms with Gasteiger partial charge in [-0.3, -0.25) is 9.78 Å². The molecule has 9 heteroatoms. The van der Waals surface area contributed by atoms with Crippen LogP contribution in [-0.2, 0) is 10.9 Å². The fraction of sp³-hybridized carbons (Fsp3) is 0.500. The molecule has 0 radical (unpaired) electrons. The number of amides is 2. The third-order valence-corrected chi connectivity index (χ3v) is 4.11. The first-order valence-electron chi connectivity index (χ1n) is 7.10. The van der Waals surface area contributed by atoms with E-state index in [-0.39, 0.29) is 31.7 Å². The smallest absolute Gasteiger partial charge is 0.417 e. The van der Waals surface area contributed by atoms with Gasteiger partial charge in [-0.2, -0.15) is 13.2 Å². The van der Waals surface area contributed by atoms with Gasteiger partial charge >= 0.3 is 12.3 Å². The molecule has 0 aromatic carbocycles.